The lowest BCUT2D eigenvalue weighted by atomic mass is 9.62. The summed E-state index contributed by atoms with van der Waals surface area (Å²) in [5.74, 6) is 1.96. The maximum Gasteiger partial charge on any atom is 0.162 e. The number of carbonyl (C=O) groups is 1. The quantitative estimate of drug-likeness (QED) is 0.737. The van der Waals surface area contributed by atoms with Crippen LogP contribution >= 0.6 is 0 Å². The lowest BCUT2D eigenvalue weighted by Crippen LogP contribution is -2.42. The number of Topliss-reactive ketones (excluding diaryl/α,β-unsaturated/α-hetero) is 1. The molecule has 21 heavy (non-hydrogen) atoms. The molecule has 0 unspecified atom stereocenters. The van der Waals surface area contributed by atoms with Crippen LogP contribution in [0, 0.1) is 16.7 Å². The highest BCUT2D eigenvalue weighted by Crippen LogP contribution is 2.58. The lowest BCUT2D eigenvalue weighted by molar-refractivity contribution is -0.119. The van der Waals surface area contributed by atoms with E-state index in [1.807, 2.05) is 0 Å². The highest BCUT2D eigenvalue weighted by Gasteiger charge is 2.53. The molecule has 0 amide bonds. The molecule has 1 N–H and O–H groups in total. The van der Waals surface area contributed by atoms with Crippen molar-refractivity contribution in [1.29, 1.82) is 0 Å². The Kier molecular flexibility index (Phi) is 2.55. The number of ketones is 1. The molecular weight excluding hydrogens is 262 g/mol. The molecule has 2 atom stereocenters. The largest absolute Gasteiger partial charge is 0.342 e. The lowest BCUT2D eigenvalue weighted by Gasteiger charge is -2.44. The number of carbonyl (C=O) groups excluding carboxylic acids is 1. The predicted molar refractivity (Wildman–Crippen MR) is 80.4 cm³/mol. The Hall–Kier alpha value is -1.45. The number of hydrogen-bond acceptors (Lipinski definition) is 4. The Morgan fingerprint density at radius 1 is 1.29 bits per heavy atom. The summed E-state index contributed by atoms with van der Waals surface area (Å²) in [6.07, 6.45) is 4.98. The Labute approximate surface area is 125 Å². The number of nitrogens with zero attached hydrogens (tertiary/aromatic N) is 2. The summed E-state index contributed by atoms with van der Waals surface area (Å²) in [4.78, 5) is 12.9. The van der Waals surface area contributed by atoms with Gasteiger partial charge in [0.2, 0.25) is 0 Å². The number of azo groups is 1. The van der Waals surface area contributed by atoms with E-state index >= 15 is 0 Å². The van der Waals surface area contributed by atoms with Crippen molar-refractivity contribution in [2.45, 2.75) is 52.9 Å². The molecule has 1 fully saturated rings. The molecule has 0 saturated heterocycles. The van der Waals surface area contributed by atoms with E-state index in [1.165, 1.54) is 12.0 Å². The van der Waals surface area contributed by atoms with Gasteiger partial charge < -0.3 is 5.32 Å². The molecule has 2 heterocycles. The first kappa shape index (κ1) is 13.2. The van der Waals surface area contributed by atoms with Crippen molar-refractivity contribution < 1.29 is 4.79 Å². The third-order valence-corrected chi connectivity index (χ3v) is 5.65. The smallest absolute Gasteiger partial charge is 0.162 e. The van der Waals surface area contributed by atoms with Crippen LogP contribution in [0.4, 0.5) is 0 Å². The number of rotatable bonds is 0. The molecule has 1 spiro atoms. The average molecular weight is 285 g/mol. The topological polar surface area (TPSA) is 53.8 Å². The van der Waals surface area contributed by atoms with E-state index < -0.39 is 0 Å². The van der Waals surface area contributed by atoms with E-state index in [0.717, 1.165) is 36.4 Å². The van der Waals surface area contributed by atoms with Crippen LogP contribution in [0.2, 0.25) is 0 Å². The normalized spacial score (nSPS) is 37.1. The minimum Gasteiger partial charge on any atom is -0.342 e. The van der Waals surface area contributed by atoms with Gasteiger partial charge in [-0.1, -0.05) is 20.8 Å². The molecule has 2 aliphatic carbocycles. The number of dihydropyridines is 1. The van der Waals surface area contributed by atoms with E-state index in [0.29, 0.717) is 24.7 Å². The van der Waals surface area contributed by atoms with Crippen LogP contribution in [0.3, 0.4) is 0 Å². The zero-order valence-electron chi connectivity index (χ0n) is 13.1. The number of hydrogen-bond donors (Lipinski definition) is 1. The minimum absolute atomic E-state index is 0.0438. The predicted octanol–water partition coefficient (Wildman–Crippen LogP) is 3.72. The highest BCUT2D eigenvalue weighted by molar-refractivity contribution is 6.00. The van der Waals surface area contributed by atoms with Crippen LogP contribution in [0.1, 0.15) is 52.9 Å². The summed E-state index contributed by atoms with van der Waals surface area (Å²) in [6.45, 7) is 7.33. The number of nitrogens with one attached hydrogen (secondary N) is 1. The van der Waals surface area contributed by atoms with Gasteiger partial charge in [0.1, 0.15) is 0 Å². The highest BCUT2D eigenvalue weighted by atomic mass is 16.1. The van der Waals surface area contributed by atoms with Gasteiger partial charge >= 0.3 is 0 Å². The van der Waals surface area contributed by atoms with Gasteiger partial charge in [0.15, 0.2) is 11.6 Å². The van der Waals surface area contributed by atoms with Crippen LogP contribution in [0.5, 0.6) is 0 Å². The van der Waals surface area contributed by atoms with Gasteiger partial charge in [-0.25, -0.2) is 0 Å². The van der Waals surface area contributed by atoms with Crippen LogP contribution in [-0.2, 0) is 4.79 Å². The fourth-order valence-electron chi connectivity index (χ4n) is 4.86. The zero-order valence-corrected chi connectivity index (χ0v) is 13.1. The summed E-state index contributed by atoms with van der Waals surface area (Å²) in [5.41, 5.74) is 3.47. The summed E-state index contributed by atoms with van der Waals surface area (Å²) < 4.78 is 0. The molecule has 0 aromatic rings. The van der Waals surface area contributed by atoms with Gasteiger partial charge in [0, 0.05) is 28.7 Å². The molecule has 0 radical (unpaired) electrons. The minimum atomic E-state index is -0.0631. The summed E-state index contributed by atoms with van der Waals surface area (Å²) in [5, 5.41) is 12.0. The second-order valence-electron chi connectivity index (χ2n) is 8.08. The van der Waals surface area contributed by atoms with Crippen molar-refractivity contribution in [1.82, 2.24) is 5.32 Å². The van der Waals surface area contributed by atoms with Crippen molar-refractivity contribution in [2.24, 2.45) is 27.0 Å². The SMILES string of the molecule is C[C@H]1CC[C@]2(C1)C1=C(N=NC1)NC1=C2C(=O)CC(C)(C)C1. The maximum absolute atomic E-state index is 12.9. The molecule has 4 rings (SSSR count). The molecule has 2 aliphatic heterocycles. The Morgan fingerprint density at radius 3 is 2.81 bits per heavy atom. The van der Waals surface area contributed by atoms with Crippen molar-refractivity contribution in [3.63, 3.8) is 0 Å². The molecule has 4 nitrogen and oxygen atoms in total. The first-order valence-electron chi connectivity index (χ1n) is 8.06. The zero-order chi connectivity index (χ0) is 14.8. The standard InChI is InChI=1S/C17H23N3O/c1-10-4-5-17(6-10)11-9-18-20-15(11)19-12-7-16(2,3)8-13(21)14(12)17/h10,19H,4-9H2,1-3H3/t10-,17-/m0/s1. The van der Waals surface area contributed by atoms with Crippen LogP contribution in [0.15, 0.2) is 32.9 Å². The van der Waals surface area contributed by atoms with Gasteiger partial charge in [-0.2, -0.15) is 5.11 Å². The van der Waals surface area contributed by atoms with E-state index in [1.54, 1.807) is 0 Å². The monoisotopic (exact) mass is 285 g/mol. The summed E-state index contributed by atoms with van der Waals surface area (Å²) in [7, 11) is 0. The first-order valence-corrected chi connectivity index (χ1v) is 8.06. The third kappa shape index (κ3) is 1.77. The average Bonchev–Trinajstić information content (AvgIpc) is 2.95. The molecule has 4 heteroatoms. The number of allylic oxidation sites excluding steroid dienone is 2. The molecule has 0 aromatic heterocycles. The van der Waals surface area contributed by atoms with Crippen LogP contribution in [0.25, 0.3) is 0 Å². The maximum atomic E-state index is 12.9. The van der Waals surface area contributed by atoms with E-state index in [9.17, 15) is 4.79 Å². The van der Waals surface area contributed by atoms with Crippen molar-refractivity contribution in [3.8, 4) is 0 Å². The number of fused-ring (bicyclic) bond motifs is 2. The van der Waals surface area contributed by atoms with Gasteiger partial charge in [0.25, 0.3) is 0 Å². The Bertz CT molecular complexity index is 626. The Balaban J connectivity index is 1.87. The Morgan fingerprint density at radius 2 is 2.10 bits per heavy atom. The van der Waals surface area contributed by atoms with Gasteiger partial charge in [-0.05, 0) is 37.0 Å². The second-order valence-corrected chi connectivity index (χ2v) is 8.08. The van der Waals surface area contributed by atoms with Gasteiger partial charge in [-0.3, -0.25) is 4.79 Å². The molecule has 112 valence electrons. The summed E-state index contributed by atoms with van der Waals surface area (Å²) >= 11 is 0. The van der Waals surface area contributed by atoms with Gasteiger partial charge in [0.05, 0.1) is 6.54 Å². The van der Waals surface area contributed by atoms with Crippen molar-refractivity contribution in [3.05, 3.63) is 22.7 Å². The molecule has 4 aliphatic rings. The van der Waals surface area contributed by atoms with Crippen molar-refractivity contribution >= 4 is 5.78 Å². The van der Waals surface area contributed by atoms with E-state index in [2.05, 4.69) is 36.3 Å². The van der Waals surface area contributed by atoms with Crippen molar-refractivity contribution in [2.75, 3.05) is 6.54 Å². The third-order valence-electron chi connectivity index (χ3n) is 5.65. The molecule has 0 bridgehead atoms. The fourth-order valence-corrected chi connectivity index (χ4v) is 4.86. The summed E-state index contributed by atoms with van der Waals surface area (Å²) in [6, 6.07) is 0. The van der Waals surface area contributed by atoms with Crippen LogP contribution < -0.4 is 5.32 Å². The van der Waals surface area contributed by atoms with E-state index in [-0.39, 0.29) is 10.8 Å². The van der Waals surface area contributed by atoms with E-state index in [4.69, 9.17) is 0 Å². The molecule has 1 saturated carbocycles. The molecular formula is C17H23N3O. The first-order chi connectivity index (χ1) is 9.91. The van der Waals surface area contributed by atoms with Crippen LogP contribution in [-0.4, -0.2) is 12.3 Å². The second kappa shape index (κ2) is 4.05. The van der Waals surface area contributed by atoms with Gasteiger partial charge in [-0.15, -0.1) is 5.11 Å². The fraction of sp³-hybridized carbons (Fsp3) is 0.706. The molecule has 0 aromatic carbocycles.